The van der Waals surface area contributed by atoms with E-state index >= 15 is 0 Å². The zero-order valence-corrected chi connectivity index (χ0v) is 14.5. The number of fused-ring (bicyclic) bond motifs is 1. The number of nitrogens with zero attached hydrogens (tertiary/aromatic N) is 2. The van der Waals surface area contributed by atoms with Gasteiger partial charge in [-0.2, -0.15) is 5.10 Å². The van der Waals surface area contributed by atoms with Gasteiger partial charge in [-0.3, -0.25) is 14.9 Å². The normalized spacial score (nSPS) is 12.0. The third-order valence-electron chi connectivity index (χ3n) is 3.91. The van der Waals surface area contributed by atoms with Crippen molar-refractivity contribution < 1.29 is 14.5 Å². The predicted octanol–water partition coefficient (Wildman–Crippen LogP) is 3.67. The lowest BCUT2D eigenvalue weighted by Crippen LogP contribution is -2.33. The van der Waals surface area contributed by atoms with Crippen LogP contribution in [0.5, 0.6) is 5.75 Å². The highest BCUT2D eigenvalue weighted by Crippen LogP contribution is 2.26. The van der Waals surface area contributed by atoms with Crippen LogP contribution in [0.15, 0.2) is 71.8 Å². The third-order valence-corrected chi connectivity index (χ3v) is 3.91. The summed E-state index contributed by atoms with van der Waals surface area (Å²) in [4.78, 5) is 22.3. The molecule has 0 radical (unpaired) electrons. The molecule has 0 aliphatic carbocycles. The maximum Gasteiger partial charge on any atom is 0.280 e. The molecule has 0 spiro atoms. The molecule has 0 saturated carbocycles. The van der Waals surface area contributed by atoms with Gasteiger partial charge in [0.25, 0.3) is 11.6 Å². The summed E-state index contributed by atoms with van der Waals surface area (Å²) >= 11 is 0. The van der Waals surface area contributed by atoms with Crippen LogP contribution in [0.1, 0.15) is 12.5 Å². The first-order valence-corrected chi connectivity index (χ1v) is 8.26. The summed E-state index contributed by atoms with van der Waals surface area (Å²) in [6, 6.07) is 19.2. The first-order valence-electron chi connectivity index (χ1n) is 8.26. The fourth-order valence-corrected chi connectivity index (χ4v) is 2.49. The number of non-ortho nitro benzene ring substituents is 1. The number of rotatable bonds is 6. The van der Waals surface area contributed by atoms with Crippen LogP contribution in [0, 0.1) is 10.1 Å². The van der Waals surface area contributed by atoms with Gasteiger partial charge in [-0.1, -0.05) is 36.4 Å². The summed E-state index contributed by atoms with van der Waals surface area (Å²) in [5.41, 5.74) is 3.03. The molecule has 7 nitrogen and oxygen atoms in total. The van der Waals surface area contributed by atoms with Crippen molar-refractivity contribution in [3.63, 3.8) is 0 Å². The van der Waals surface area contributed by atoms with Gasteiger partial charge in [0.1, 0.15) is 5.75 Å². The smallest absolute Gasteiger partial charge is 0.280 e. The summed E-state index contributed by atoms with van der Waals surface area (Å²) in [5, 5.41) is 16.4. The maximum atomic E-state index is 12.2. The van der Waals surface area contributed by atoms with Crippen molar-refractivity contribution in [2.75, 3.05) is 0 Å². The van der Waals surface area contributed by atoms with Crippen LogP contribution in [0.2, 0.25) is 0 Å². The van der Waals surface area contributed by atoms with Crippen molar-refractivity contribution in [3.8, 4) is 5.75 Å². The fraction of sp³-hybridized carbons (Fsp3) is 0.100. The number of hydrogen-bond donors (Lipinski definition) is 1. The number of amides is 1. The lowest BCUT2D eigenvalue weighted by atomic mass is 10.1. The van der Waals surface area contributed by atoms with Gasteiger partial charge in [0.15, 0.2) is 6.10 Å². The number of nitrogens with one attached hydrogen (secondary N) is 1. The molecule has 1 N–H and O–H groups in total. The Morgan fingerprint density at radius 2 is 1.81 bits per heavy atom. The van der Waals surface area contributed by atoms with Gasteiger partial charge < -0.3 is 4.74 Å². The van der Waals surface area contributed by atoms with Gasteiger partial charge in [0.2, 0.25) is 0 Å². The van der Waals surface area contributed by atoms with Crippen LogP contribution in [0.4, 0.5) is 5.69 Å². The van der Waals surface area contributed by atoms with Crippen LogP contribution < -0.4 is 10.2 Å². The monoisotopic (exact) mass is 363 g/mol. The molecule has 0 unspecified atom stereocenters. The highest BCUT2D eigenvalue weighted by Gasteiger charge is 2.15. The van der Waals surface area contributed by atoms with E-state index in [0.717, 1.165) is 10.8 Å². The number of carbonyl (C=O) groups excluding carboxylic acids is 1. The Kier molecular flexibility index (Phi) is 5.41. The van der Waals surface area contributed by atoms with E-state index in [2.05, 4.69) is 10.5 Å². The minimum absolute atomic E-state index is 0.00621. The van der Waals surface area contributed by atoms with E-state index in [1.165, 1.54) is 18.3 Å². The third kappa shape index (κ3) is 4.46. The second-order valence-electron chi connectivity index (χ2n) is 5.82. The van der Waals surface area contributed by atoms with E-state index in [1.54, 1.807) is 19.1 Å². The standard InChI is InChI=1S/C20H17N3O4/c1-14(27-19-8-4-6-16-5-2-3-7-18(16)19)20(24)22-21-13-15-9-11-17(12-10-15)23(25)26/h2-14H,1H3,(H,22,24)/b21-13-/t14-/m0/s1. The molecule has 0 aromatic heterocycles. The highest BCUT2D eigenvalue weighted by molar-refractivity contribution is 5.89. The Labute approximate surface area is 155 Å². The number of hydrazone groups is 1. The number of benzene rings is 3. The van der Waals surface area contributed by atoms with Gasteiger partial charge in [0, 0.05) is 17.5 Å². The molecule has 0 heterocycles. The first-order chi connectivity index (χ1) is 13.0. The number of hydrogen-bond acceptors (Lipinski definition) is 5. The summed E-state index contributed by atoms with van der Waals surface area (Å²) in [6.07, 6.45) is 0.663. The SMILES string of the molecule is C[C@H](Oc1cccc2ccccc12)C(=O)N/N=C\c1ccc([N+](=O)[O-])cc1. The number of carbonyl (C=O) groups is 1. The molecule has 136 valence electrons. The molecule has 0 saturated heterocycles. The number of ether oxygens (including phenoxy) is 1. The fourth-order valence-electron chi connectivity index (χ4n) is 2.49. The average molecular weight is 363 g/mol. The second-order valence-corrected chi connectivity index (χ2v) is 5.82. The first kappa shape index (κ1) is 18.1. The van der Waals surface area contributed by atoms with Crippen molar-refractivity contribution in [2.45, 2.75) is 13.0 Å². The lowest BCUT2D eigenvalue weighted by Gasteiger charge is -2.14. The topological polar surface area (TPSA) is 93.8 Å². The molecule has 0 aliphatic rings. The Bertz CT molecular complexity index is 994. The van der Waals surface area contributed by atoms with Gasteiger partial charge in [-0.15, -0.1) is 0 Å². The van der Waals surface area contributed by atoms with Crippen LogP contribution >= 0.6 is 0 Å². The van der Waals surface area contributed by atoms with E-state index in [9.17, 15) is 14.9 Å². The summed E-state index contributed by atoms with van der Waals surface area (Å²) in [5.74, 6) is 0.219. The van der Waals surface area contributed by atoms with Gasteiger partial charge in [-0.25, -0.2) is 5.43 Å². The van der Waals surface area contributed by atoms with Crippen LogP contribution in [0.3, 0.4) is 0 Å². The molecule has 3 rings (SSSR count). The van der Waals surface area contributed by atoms with E-state index in [-0.39, 0.29) is 5.69 Å². The molecule has 0 fully saturated rings. The van der Waals surface area contributed by atoms with Gasteiger partial charge in [0.05, 0.1) is 11.1 Å². The Hall–Kier alpha value is -3.74. The molecule has 0 bridgehead atoms. The zero-order chi connectivity index (χ0) is 19.2. The molecular formula is C20H17N3O4. The molecule has 3 aromatic rings. The lowest BCUT2D eigenvalue weighted by molar-refractivity contribution is -0.384. The van der Waals surface area contributed by atoms with Crippen molar-refractivity contribution in [1.29, 1.82) is 0 Å². The van der Waals surface area contributed by atoms with Gasteiger partial charge in [-0.05, 0) is 36.1 Å². The molecular weight excluding hydrogens is 346 g/mol. The van der Waals surface area contributed by atoms with Crippen molar-refractivity contribution >= 4 is 28.6 Å². The maximum absolute atomic E-state index is 12.2. The minimum atomic E-state index is -0.746. The summed E-state index contributed by atoms with van der Waals surface area (Å²) < 4.78 is 5.77. The zero-order valence-electron chi connectivity index (χ0n) is 14.5. The van der Waals surface area contributed by atoms with E-state index < -0.39 is 16.9 Å². The summed E-state index contributed by atoms with van der Waals surface area (Å²) in [6.45, 7) is 1.64. The molecule has 1 atom stereocenters. The Morgan fingerprint density at radius 3 is 2.56 bits per heavy atom. The van der Waals surface area contributed by atoms with Crippen LogP contribution in [0.25, 0.3) is 10.8 Å². The Balaban J connectivity index is 1.61. The summed E-state index contributed by atoms with van der Waals surface area (Å²) in [7, 11) is 0. The Morgan fingerprint density at radius 1 is 1.11 bits per heavy atom. The predicted molar refractivity (Wildman–Crippen MR) is 103 cm³/mol. The molecule has 27 heavy (non-hydrogen) atoms. The largest absolute Gasteiger partial charge is 0.480 e. The average Bonchev–Trinajstić information content (AvgIpc) is 2.68. The molecule has 0 aliphatic heterocycles. The quantitative estimate of drug-likeness (QED) is 0.411. The van der Waals surface area contributed by atoms with Crippen LogP contribution in [-0.2, 0) is 4.79 Å². The van der Waals surface area contributed by atoms with E-state index in [0.29, 0.717) is 11.3 Å². The number of nitro groups is 1. The van der Waals surface area contributed by atoms with E-state index in [1.807, 2.05) is 42.5 Å². The number of nitro benzene ring substituents is 1. The van der Waals surface area contributed by atoms with Crippen molar-refractivity contribution in [3.05, 3.63) is 82.4 Å². The molecule has 7 heteroatoms. The second kappa shape index (κ2) is 8.09. The minimum Gasteiger partial charge on any atom is -0.480 e. The molecule has 3 aromatic carbocycles. The van der Waals surface area contributed by atoms with Crippen molar-refractivity contribution in [1.82, 2.24) is 5.43 Å². The highest BCUT2D eigenvalue weighted by atomic mass is 16.6. The van der Waals surface area contributed by atoms with Crippen molar-refractivity contribution in [2.24, 2.45) is 5.10 Å². The van der Waals surface area contributed by atoms with E-state index in [4.69, 9.17) is 4.74 Å². The molecule has 1 amide bonds. The van der Waals surface area contributed by atoms with Gasteiger partial charge >= 0.3 is 0 Å². The van der Waals surface area contributed by atoms with Crippen LogP contribution in [-0.4, -0.2) is 23.1 Å².